The molecule has 104 valence electrons. The second-order valence-corrected chi connectivity index (χ2v) is 3.90. The minimum absolute atomic E-state index is 0.0341. The van der Waals surface area contributed by atoms with E-state index in [1.165, 1.54) is 6.07 Å². The van der Waals surface area contributed by atoms with Gasteiger partial charge in [0, 0.05) is 24.8 Å². The predicted molar refractivity (Wildman–Crippen MR) is 66.5 cm³/mol. The van der Waals surface area contributed by atoms with Crippen molar-refractivity contribution in [3.8, 4) is 0 Å². The molecule has 0 saturated carbocycles. The molecule has 7 heteroatoms. The molecule has 1 N–H and O–H groups in total. The Morgan fingerprint density at radius 2 is 2.26 bits per heavy atom. The molecule has 0 fully saturated rings. The molecule has 1 rings (SSSR count). The summed E-state index contributed by atoms with van der Waals surface area (Å²) >= 11 is 0. The Kier molecular flexibility index (Phi) is 5.37. The number of rotatable bonds is 6. The number of carbonyl (C=O) groups excluding carboxylic acids is 1. The zero-order valence-corrected chi connectivity index (χ0v) is 10.7. The van der Waals surface area contributed by atoms with Gasteiger partial charge in [0.25, 0.3) is 5.91 Å². The van der Waals surface area contributed by atoms with Gasteiger partial charge in [-0.05, 0) is 26.0 Å². The molecule has 0 aliphatic rings. The molecule has 1 atom stereocenters. The summed E-state index contributed by atoms with van der Waals surface area (Å²) in [6.45, 7) is 4.44. The van der Waals surface area contributed by atoms with Gasteiger partial charge in [-0.15, -0.1) is 0 Å². The fourth-order valence-corrected chi connectivity index (χ4v) is 1.48. The lowest BCUT2D eigenvalue weighted by Gasteiger charge is -2.12. The van der Waals surface area contributed by atoms with Crippen LogP contribution in [0.3, 0.4) is 0 Å². The van der Waals surface area contributed by atoms with Crippen molar-refractivity contribution >= 4 is 11.6 Å². The van der Waals surface area contributed by atoms with Gasteiger partial charge in [-0.25, -0.2) is 0 Å². The first-order chi connectivity index (χ1) is 8.95. The summed E-state index contributed by atoms with van der Waals surface area (Å²) in [6.07, 6.45) is -0.156. The Morgan fingerprint density at radius 3 is 2.79 bits per heavy atom. The monoisotopic (exact) mass is 270 g/mol. The SMILES string of the molecule is CCOC(C)CNC(=O)c1ccc([N+](=O)[O-])c(F)c1. The molecule has 0 saturated heterocycles. The largest absolute Gasteiger partial charge is 0.377 e. The van der Waals surface area contributed by atoms with Gasteiger partial charge >= 0.3 is 5.69 Å². The third-order valence-corrected chi connectivity index (χ3v) is 2.41. The minimum atomic E-state index is -1.03. The maximum absolute atomic E-state index is 13.3. The van der Waals surface area contributed by atoms with Crippen LogP contribution in [0.5, 0.6) is 0 Å². The van der Waals surface area contributed by atoms with Crippen molar-refractivity contribution in [2.45, 2.75) is 20.0 Å². The Morgan fingerprint density at radius 1 is 1.58 bits per heavy atom. The second kappa shape index (κ2) is 6.79. The molecule has 0 aliphatic heterocycles. The molecule has 0 bridgehead atoms. The van der Waals surface area contributed by atoms with Crippen molar-refractivity contribution in [2.24, 2.45) is 0 Å². The van der Waals surface area contributed by atoms with Crippen LogP contribution in [0.15, 0.2) is 18.2 Å². The molecular formula is C12H15FN2O4. The normalized spacial score (nSPS) is 11.9. The van der Waals surface area contributed by atoms with E-state index in [1.807, 2.05) is 6.92 Å². The fourth-order valence-electron chi connectivity index (χ4n) is 1.48. The summed E-state index contributed by atoms with van der Waals surface area (Å²) in [5, 5.41) is 13.0. The number of amides is 1. The topological polar surface area (TPSA) is 81.5 Å². The van der Waals surface area contributed by atoms with Crippen LogP contribution in [-0.2, 0) is 4.74 Å². The number of ether oxygens (including phenoxy) is 1. The van der Waals surface area contributed by atoms with Crippen LogP contribution in [0.2, 0.25) is 0 Å². The van der Waals surface area contributed by atoms with Crippen LogP contribution >= 0.6 is 0 Å². The smallest absolute Gasteiger partial charge is 0.304 e. The number of nitro groups is 1. The highest BCUT2D eigenvalue weighted by atomic mass is 19.1. The van der Waals surface area contributed by atoms with Crippen LogP contribution in [0.25, 0.3) is 0 Å². The van der Waals surface area contributed by atoms with Gasteiger partial charge in [-0.3, -0.25) is 14.9 Å². The highest BCUT2D eigenvalue weighted by Gasteiger charge is 2.16. The molecule has 1 amide bonds. The summed E-state index contributed by atoms with van der Waals surface area (Å²) in [5.41, 5.74) is -0.619. The van der Waals surface area contributed by atoms with E-state index >= 15 is 0 Å². The van der Waals surface area contributed by atoms with E-state index in [4.69, 9.17) is 4.74 Å². The van der Waals surface area contributed by atoms with E-state index in [-0.39, 0.29) is 18.2 Å². The first kappa shape index (κ1) is 15.0. The number of nitrogens with zero attached hydrogens (tertiary/aromatic N) is 1. The molecule has 0 heterocycles. The molecule has 0 aliphatic carbocycles. The van der Waals surface area contributed by atoms with Gasteiger partial charge in [0.2, 0.25) is 5.82 Å². The van der Waals surface area contributed by atoms with Crippen molar-refractivity contribution in [2.75, 3.05) is 13.2 Å². The van der Waals surface area contributed by atoms with E-state index in [2.05, 4.69) is 5.32 Å². The zero-order chi connectivity index (χ0) is 14.4. The number of hydrogen-bond acceptors (Lipinski definition) is 4. The number of benzene rings is 1. The number of nitrogens with one attached hydrogen (secondary N) is 1. The third-order valence-electron chi connectivity index (χ3n) is 2.41. The molecular weight excluding hydrogens is 255 g/mol. The third kappa shape index (κ3) is 4.29. The molecule has 6 nitrogen and oxygen atoms in total. The minimum Gasteiger partial charge on any atom is -0.377 e. The van der Waals surface area contributed by atoms with Gasteiger partial charge in [-0.2, -0.15) is 4.39 Å². The fraction of sp³-hybridized carbons (Fsp3) is 0.417. The van der Waals surface area contributed by atoms with Gasteiger partial charge in [0.1, 0.15) is 0 Å². The second-order valence-electron chi connectivity index (χ2n) is 3.90. The maximum atomic E-state index is 13.3. The molecule has 19 heavy (non-hydrogen) atoms. The summed E-state index contributed by atoms with van der Waals surface area (Å²) in [4.78, 5) is 21.3. The van der Waals surface area contributed by atoms with E-state index in [0.717, 1.165) is 12.1 Å². The molecule has 0 radical (unpaired) electrons. The summed E-state index contributed by atoms with van der Waals surface area (Å²) in [6, 6.07) is 3.02. The van der Waals surface area contributed by atoms with Crippen molar-refractivity contribution in [3.63, 3.8) is 0 Å². The Bertz CT molecular complexity index is 479. The van der Waals surface area contributed by atoms with Crippen molar-refractivity contribution in [3.05, 3.63) is 39.7 Å². The maximum Gasteiger partial charge on any atom is 0.304 e. The number of hydrogen-bond donors (Lipinski definition) is 1. The van der Waals surface area contributed by atoms with E-state index in [1.54, 1.807) is 6.92 Å². The van der Waals surface area contributed by atoms with Crippen LogP contribution < -0.4 is 5.32 Å². The van der Waals surface area contributed by atoms with Gasteiger partial charge < -0.3 is 10.1 Å². The number of carbonyl (C=O) groups is 1. The van der Waals surface area contributed by atoms with Crippen LogP contribution in [0, 0.1) is 15.9 Å². The summed E-state index contributed by atoms with van der Waals surface area (Å²) in [5.74, 6) is -1.53. The van der Waals surface area contributed by atoms with E-state index in [9.17, 15) is 19.3 Å². The summed E-state index contributed by atoms with van der Waals surface area (Å²) < 4.78 is 18.6. The average Bonchev–Trinajstić information content (AvgIpc) is 2.35. The Labute approximate surface area is 109 Å². The molecule has 0 spiro atoms. The standard InChI is InChI=1S/C12H15FN2O4/c1-3-19-8(2)7-14-12(16)9-4-5-11(15(17)18)10(13)6-9/h4-6,8H,3,7H2,1-2H3,(H,14,16). The van der Waals surface area contributed by atoms with Crippen molar-refractivity contribution < 1.29 is 18.8 Å². The Balaban J connectivity index is 2.68. The summed E-state index contributed by atoms with van der Waals surface area (Å²) in [7, 11) is 0. The quantitative estimate of drug-likeness (QED) is 0.632. The zero-order valence-electron chi connectivity index (χ0n) is 10.7. The Hall–Kier alpha value is -2.02. The van der Waals surface area contributed by atoms with Crippen LogP contribution in [0.1, 0.15) is 24.2 Å². The van der Waals surface area contributed by atoms with Crippen LogP contribution in [0.4, 0.5) is 10.1 Å². The lowest BCUT2D eigenvalue weighted by atomic mass is 10.2. The molecule has 0 aromatic heterocycles. The lowest BCUT2D eigenvalue weighted by Crippen LogP contribution is -2.32. The predicted octanol–water partition coefficient (Wildman–Crippen LogP) is 1.89. The van der Waals surface area contributed by atoms with Crippen LogP contribution in [-0.4, -0.2) is 30.1 Å². The highest BCUT2D eigenvalue weighted by molar-refractivity contribution is 5.94. The molecule has 1 unspecified atom stereocenters. The number of halogens is 1. The first-order valence-electron chi connectivity index (χ1n) is 5.79. The van der Waals surface area contributed by atoms with Gasteiger partial charge in [0.15, 0.2) is 0 Å². The molecule has 1 aromatic rings. The van der Waals surface area contributed by atoms with E-state index in [0.29, 0.717) is 6.61 Å². The van der Waals surface area contributed by atoms with Crippen molar-refractivity contribution in [1.82, 2.24) is 5.32 Å². The van der Waals surface area contributed by atoms with Gasteiger partial charge in [0.05, 0.1) is 11.0 Å². The average molecular weight is 270 g/mol. The first-order valence-corrected chi connectivity index (χ1v) is 5.79. The number of nitro benzene ring substituents is 1. The highest BCUT2D eigenvalue weighted by Crippen LogP contribution is 2.17. The van der Waals surface area contributed by atoms with Crippen molar-refractivity contribution in [1.29, 1.82) is 0 Å². The molecule has 1 aromatic carbocycles. The lowest BCUT2D eigenvalue weighted by molar-refractivity contribution is -0.387. The van der Waals surface area contributed by atoms with E-state index < -0.39 is 22.3 Å². The van der Waals surface area contributed by atoms with Gasteiger partial charge in [-0.1, -0.05) is 0 Å².